The maximum atomic E-state index is 14.2. The van der Waals surface area contributed by atoms with E-state index in [0.717, 1.165) is 12.8 Å². The van der Waals surface area contributed by atoms with E-state index in [-0.39, 0.29) is 5.92 Å². The van der Waals surface area contributed by atoms with Gasteiger partial charge in [0.15, 0.2) is 5.82 Å². The molecule has 0 aromatic heterocycles. The minimum Gasteiger partial charge on any atom is -0.338 e. The Balaban J connectivity index is 2.44. The standard InChI is InChI=1S/C13H14ClF2NO3S/c1-8-3-2-4-17(7-8)13(18)10-5-9(15)6-11(12(10)16)21(14,19)20/h5-6,8H,2-4,7H2,1H3. The van der Waals surface area contributed by atoms with Gasteiger partial charge in [-0.05, 0) is 30.9 Å². The van der Waals surface area contributed by atoms with Gasteiger partial charge in [0.2, 0.25) is 0 Å². The fourth-order valence-corrected chi connectivity index (χ4v) is 3.36. The summed E-state index contributed by atoms with van der Waals surface area (Å²) in [4.78, 5) is 12.7. The molecule has 1 amide bonds. The highest BCUT2D eigenvalue weighted by Gasteiger charge is 2.28. The first kappa shape index (κ1) is 16.2. The van der Waals surface area contributed by atoms with Gasteiger partial charge in [0.25, 0.3) is 15.0 Å². The number of hydrogen-bond donors (Lipinski definition) is 0. The van der Waals surface area contributed by atoms with Crippen LogP contribution in [0.2, 0.25) is 0 Å². The van der Waals surface area contributed by atoms with Gasteiger partial charge in [-0.2, -0.15) is 0 Å². The van der Waals surface area contributed by atoms with Gasteiger partial charge in [0, 0.05) is 23.8 Å². The van der Waals surface area contributed by atoms with E-state index >= 15 is 0 Å². The molecule has 21 heavy (non-hydrogen) atoms. The molecular weight excluding hydrogens is 324 g/mol. The summed E-state index contributed by atoms with van der Waals surface area (Å²) in [5, 5.41) is 0. The number of piperidine rings is 1. The molecule has 1 aromatic rings. The molecule has 0 radical (unpaired) electrons. The van der Waals surface area contributed by atoms with E-state index in [1.54, 1.807) is 0 Å². The molecule has 1 atom stereocenters. The molecule has 1 aliphatic heterocycles. The number of carbonyl (C=O) groups excluding carboxylic acids is 1. The van der Waals surface area contributed by atoms with Crippen molar-refractivity contribution in [2.75, 3.05) is 13.1 Å². The molecule has 1 aliphatic rings. The number of benzene rings is 1. The third-order valence-corrected chi connectivity index (χ3v) is 4.76. The highest BCUT2D eigenvalue weighted by molar-refractivity contribution is 8.13. The number of carbonyl (C=O) groups is 1. The number of halogens is 3. The highest BCUT2D eigenvalue weighted by Crippen LogP contribution is 2.26. The summed E-state index contributed by atoms with van der Waals surface area (Å²) in [6.07, 6.45) is 1.72. The van der Waals surface area contributed by atoms with Crippen molar-refractivity contribution in [1.29, 1.82) is 0 Å². The van der Waals surface area contributed by atoms with Crippen molar-refractivity contribution in [2.45, 2.75) is 24.7 Å². The van der Waals surface area contributed by atoms with Crippen LogP contribution in [0.25, 0.3) is 0 Å². The third kappa shape index (κ3) is 3.52. The van der Waals surface area contributed by atoms with Crippen molar-refractivity contribution in [3.05, 3.63) is 29.3 Å². The number of nitrogens with zero attached hydrogens (tertiary/aromatic N) is 1. The van der Waals surface area contributed by atoms with Gasteiger partial charge in [-0.15, -0.1) is 0 Å². The predicted molar refractivity (Wildman–Crippen MR) is 73.7 cm³/mol. The van der Waals surface area contributed by atoms with Crippen molar-refractivity contribution in [3.63, 3.8) is 0 Å². The molecule has 4 nitrogen and oxygen atoms in total. The van der Waals surface area contributed by atoms with E-state index in [0.29, 0.717) is 25.2 Å². The van der Waals surface area contributed by atoms with Crippen LogP contribution in [-0.2, 0) is 9.05 Å². The number of hydrogen-bond acceptors (Lipinski definition) is 3. The van der Waals surface area contributed by atoms with Crippen molar-refractivity contribution >= 4 is 25.6 Å². The summed E-state index contributed by atoms with van der Waals surface area (Å²) in [5.74, 6) is -2.80. The lowest BCUT2D eigenvalue weighted by molar-refractivity contribution is 0.0677. The van der Waals surface area contributed by atoms with Crippen molar-refractivity contribution < 1.29 is 22.0 Å². The molecule has 1 saturated heterocycles. The van der Waals surface area contributed by atoms with E-state index < -0.39 is 37.1 Å². The average molecular weight is 338 g/mol. The minimum atomic E-state index is -4.47. The maximum Gasteiger partial charge on any atom is 0.264 e. The van der Waals surface area contributed by atoms with Gasteiger partial charge in [-0.1, -0.05) is 6.92 Å². The fourth-order valence-electron chi connectivity index (χ4n) is 2.44. The molecule has 1 fully saturated rings. The smallest absolute Gasteiger partial charge is 0.264 e. The maximum absolute atomic E-state index is 14.2. The van der Waals surface area contributed by atoms with Gasteiger partial charge in [-0.25, -0.2) is 17.2 Å². The topological polar surface area (TPSA) is 54.5 Å². The van der Waals surface area contributed by atoms with Gasteiger partial charge in [-0.3, -0.25) is 4.79 Å². The van der Waals surface area contributed by atoms with Crippen LogP contribution in [0.3, 0.4) is 0 Å². The third-order valence-electron chi connectivity index (χ3n) is 3.44. The quantitative estimate of drug-likeness (QED) is 0.780. The molecule has 2 rings (SSSR count). The fraction of sp³-hybridized carbons (Fsp3) is 0.462. The van der Waals surface area contributed by atoms with Crippen molar-refractivity contribution in [1.82, 2.24) is 4.90 Å². The lowest BCUT2D eigenvalue weighted by atomic mass is 9.99. The van der Waals surface area contributed by atoms with Crippen molar-refractivity contribution in [3.8, 4) is 0 Å². The molecule has 8 heteroatoms. The first-order chi connectivity index (χ1) is 9.70. The summed E-state index contributed by atoms with van der Waals surface area (Å²) < 4.78 is 50.1. The second-order valence-electron chi connectivity index (χ2n) is 5.20. The molecule has 0 aliphatic carbocycles. The average Bonchev–Trinajstić information content (AvgIpc) is 2.39. The molecule has 1 heterocycles. The first-order valence-corrected chi connectivity index (χ1v) is 8.74. The predicted octanol–water partition coefficient (Wildman–Crippen LogP) is 2.76. The lowest BCUT2D eigenvalue weighted by Gasteiger charge is -2.31. The molecule has 0 bridgehead atoms. The van der Waals surface area contributed by atoms with Gasteiger partial charge in [0.1, 0.15) is 10.7 Å². The summed E-state index contributed by atoms with van der Waals surface area (Å²) in [6.45, 7) is 2.82. The zero-order chi connectivity index (χ0) is 15.8. The van der Waals surface area contributed by atoms with Crippen LogP contribution in [0.15, 0.2) is 17.0 Å². The largest absolute Gasteiger partial charge is 0.338 e. The van der Waals surface area contributed by atoms with Crippen LogP contribution < -0.4 is 0 Å². The molecule has 0 saturated carbocycles. The number of rotatable bonds is 2. The first-order valence-electron chi connectivity index (χ1n) is 6.43. The summed E-state index contributed by atoms with van der Waals surface area (Å²) >= 11 is 0. The Hall–Kier alpha value is -1.21. The van der Waals surface area contributed by atoms with Crippen LogP contribution in [0.1, 0.15) is 30.1 Å². The Kier molecular flexibility index (Phi) is 4.53. The Bertz CT molecular complexity index is 678. The second kappa shape index (κ2) is 5.88. The summed E-state index contributed by atoms with van der Waals surface area (Å²) in [7, 11) is 0.595. The zero-order valence-corrected chi connectivity index (χ0v) is 12.8. The van der Waals surface area contributed by atoms with Crippen molar-refractivity contribution in [2.24, 2.45) is 5.92 Å². The Labute approximate surface area is 126 Å². The minimum absolute atomic E-state index is 0.260. The highest BCUT2D eigenvalue weighted by atomic mass is 35.7. The van der Waals surface area contributed by atoms with Gasteiger partial charge < -0.3 is 4.90 Å². The van der Waals surface area contributed by atoms with Gasteiger partial charge in [0.05, 0.1) is 5.56 Å². The monoisotopic (exact) mass is 337 g/mol. The normalized spacial score (nSPS) is 19.6. The molecule has 116 valence electrons. The summed E-state index contributed by atoms with van der Waals surface area (Å²) in [6, 6.07) is 1.16. The van der Waals surface area contributed by atoms with Gasteiger partial charge >= 0.3 is 0 Å². The molecule has 1 aromatic carbocycles. The molecule has 0 spiro atoms. The number of amides is 1. The van der Waals surface area contributed by atoms with E-state index in [2.05, 4.69) is 0 Å². The zero-order valence-electron chi connectivity index (χ0n) is 11.3. The summed E-state index contributed by atoms with van der Waals surface area (Å²) in [5.41, 5.74) is -0.608. The van der Waals surface area contributed by atoms with E-state index in [4.69, 9.17) is 10.7 Å². The molecule has 0 N–H and O–H groups in total. The molecular formula is C13H14ClF2NO3S. The van der Waals surface area contributed by atoms with Crippen LogP contribution in [-0.4, -0.2) is 32.3 Å². The Morgan fingerprint density at radius 2 is 2.05 bits per heavy atom. The van der Waals surface area contributed by atoms with E-state index in [1.165, 1.54) is 4.90 Å². The Morgan fingerprint density at radius 3 is 2.62 bits per heavy atom. The van der Waals surface area contributed by atoms with E-state index in [1.807, 2.05) is 6.92 Å². The SMILES string of the molecule is CC1CCCN(C(=O)c2cc(F)cc(S(=O)(=O)Cl)c2F)C1. The van der Waals surface area contributed by atoms with Crippen LogP contribution >= 0.6 is 10.7 Å². The second-order valence-corrected chi connectivity index (χ2v) is 7.74. The van der Waals surface area contributed by atoms with Crippen LogP contribution in [0.4, 0.5) is 8.78 Å². The number of likely N-dealkylation sites (tertiary alicyclic amines) is 1. The Morgan fingerprint density at radius 1 is 1.38 bits per heavy atom. The molecule has 1 unspecified atom stereocenters. The van der Waals surface area contributed by atoms with Crippen LogP contribution in [0, 0.1) is 17.6 Å². The van der Waals surface area contributed by atoms with Crippen LogP contribution in [0.5, 0.6) is 0 Å². The van der Waals surface area contributed by atoms with E-state index in [9.17, 15) is 22.0 Å². The lowest BCUT2D eigenvalue weighted by Crippen LogP contribution is -2.39.